The molecule has 2 aliphatic heterocycles. The highest BCUT2D eigenvalue weighted by Crippen LogP contribution is 2.27. The Hall–Kier alpha value is -2.78. The molecule has 0 spiro atoms. The lowest BCUT2D eigenvalue weighted by Gasteiger charge is -2.29. The van der Waals surface area contributed by atoms with E-state index in [4.69, 9.17) is 0 Å². The highest BCUT2D eigenvalue weighted by atomic mass is 32.2. The zero-order chi connectivity index (χ0) is 22.9. The van der Waals surface area contributed by atoms with Crippen LogP contribution in [0.5, 0.6) is 0 Å². The molecule has 9 heteroatoms. The lowest BCUT2D eigenvalue weighted by molar-refractivity contribution is -0.122. The Kier molecular flexibility index (Phi) is 6.30. The molecule has 0 aliphatic carbocycles. The molecule has 2 saturated heterocycles. The number of anilines is 2. The van der Waals surface area contributed by atoms with Crippen LogP contribution in [0.15, 0.2) is 53.4 Å². The average Bonchev–Trinajstić information content (AvgIpc) is 3.17. The Bertz CT molecular complexity index is 1100. The molecule has 0 unspecified atom stereocenters. The van der Waals surface area contributed by atoms with Gasteiger partial charge in [-0.3, -0.25) is 9.59 Å². The molecule has 0 bridgehead atoms. The summed E-state index contributed by atoms with van der Waals surface area (Å²) in [7, 11) is -3.55. The summed E-state index contributed by atoms with van der Waals surface area (Å²) in [5.74, 6) is -0.931. The molecule has 0 aromatic heterocycles. The van der Waals surface area contributed by atoms with Crippen molar-refractivity contribution in [2.75, 3.05) is 29.9 Å². The molecule has 170 valence electrons. The number of rotatable bonds is 5. The number of amides is 2. The number of benzene rings is 2. The smallest absolute Gasteiger partial charge is 0.243 e. The van der Waals surface area contributed by atoms with Crippen LogP contribution in [0.25, 0.3) is 0 Å². The molecule has 1 atom stereocenters. The van der Waals surface area contributed by atoms with E-state index < -0.39 is 21.8 Å². The van der Waals surface area contributed by atoms with Crippen LogP contribution in [-0.2, 0) is 19.6 Å². The zero-order valence-electron chi connectivity index (χ0n) is 17.8. The van der Waals surface area contributed by atoms with Crippen LogP contribution in [0.1, 0.15) is 26.2 Å². The van der Waals surface area contributed by atoms with Gasteiger partial charge in [0.1, 0.15) is 5.82 Å². The Balaban J connectivity index is 1.39. The van der Waals surface area contributed by atoms with Gasteiger partial charge in [-0.25, -0.2) is 12.8 Å². The van der Waals surface area contributed by atoms with Gasteiger partial charge >= 0.3 is 0 Å². The van der Waals surface area contributed by atoms with Crippen molar-refractivity contribution in [1.82, 2.24) is 4.31 Å². The standard InChI is InChI=1S/C23H26FN3O4S/c1-16-10-12-26(13-11-16)32(30,31)21-8-4-19(5-9-21)25-23(29)17-14-22(28)27(15-17)20-6-2-18(24)3-7-20/h2-9,16-17H,10-15H2,1H3,(H,25,29)/t17-/m0/s1. The fourth-order valence-electron chi connectivity index (χ4n) is 4.08. The molecule has 2 aliphatic rings. The monoisotopic (exact) mass is 459 g/mol. The van der Waals surface area contributed by atoms with E-state index in [1.165, 1.54) is 45.6 Å². The van der Waals surface area contributed by atoms with Crippen molar-refractivity contribution >= 4 is 33.2 Å². The minimum atomic E-state index is -3.55. The number of hydrogen-bond donors (Lipinski definition) is 1. The summed E-state index contributed by atoms with van der Waals surface area (Å²) in [6.07, 6.45) is 1.76. The van der Waals surface area contributed by atoms with Crippen LogP contribution in [0.3, 0.4) is 0 Å². The summed E-state index contributed by atoms with van der Waals surface area (Å²) in [4.78, 5) is 26.7. The summed E-state index contributed by atoms with van der Waals surface area (Å²) in [5.41, 5.74) is 1.02. The van der Waals surface area contributed by atoms with Crippen molar-refractivity contribution in [2.24, 2.45) is 11.8 Å². The number of sulfonamides is 1. The SMILES string of the molecule is CC1CCN(S(=O)(=O)c2ccc(NC(=O)[C@H]3CC(=O)N(c4ccc(F)cc4)C3)cc2)CC1. The van der Waals surface area contributed by atoms with Gasteiger partial charge in [0, 0.05) is 37.4 Å². The number of hydrogen-bond acceptors (Lipinski definition) is 4. The lowest BCUT2D eigenvalue weighted by Crippen LogP contribution is -2.37. The Labute approximate surface area is 187 Å². The molecular weight excluding hydrogens is 433 g/mol. The second-order valence-corrected chi connectivity index (χ2v) is 10.4. The molecule has 2 aromatic rings. The molecule has 2 amide bonds. The first-order valence-electron chi connectivity index (χ1n) is 10.7. The van der Waals surface area contributed by atoms with Gasteiger partial charge in [-0.1, -0.05) is 6.92 Å². The summed E-state index contributed by atoms with van der Waals surface area (Å²) in [6.45, 7) is 3.36. The third-order valence-corrected chi connectivity index (χ3v) is 8.05. The first-order chi connectivity index (χ1) is 15.2. The number of nitrogens with zero attached hydrogens (tertiary/aromatic N) is 2. The van der Waals surface area contributed by atoms with E-state index in [1.807, 2.05) is 0 Å². The van der Waals surface area contributed by atoms with Crippen LogP contribution >= 0.6 is 0 Å². The highest BCUT2D eigenvalue weighted by Gasteiger charge is 2.35. The molecule has 32 heavy (non-hydrogen) atoms. The van der Waals surface area contributed by atoms with Gasteiger partial charge in [-0.05, 0) is 67.3 Å². The molecule has 7 nitrogen and oxygen atoms in total. The first kappa shape index (κ1) is 22.4. The van der Waals surface area contributed by atoms with E-state index in [0.29, 0.717) is 30.4 Å². The maximum Gasteiger partial charge on any atom is 0.243 e. The molecular formula is C23H26FN3O4S. The van der Waals surface area contributed by atoms with Gasteiger partial charge in [-0.2, -0.15) is 4.31 Å². The Morgan fingerprint density at radius 2 is 1.66 bits per heavy atom. The van der Waals surface area contributed by atoms with Crippen LogP contribution in [0, 0.1) is 17.7 Å². The molecule has 2 aromatic carbocycles. The van der Waals surface area contributed by atoms with Gasteiger partial charge in [0.05, 0.1) is 10.8 Å². The van der Waals surface area contributed by atoms with E-state index >= 15 is 0 Å². The summed E-state index contributed by atoms with van der Waals surface area (Å²) >= 11 is 0. The van der Waals surface area contributed by atoms with Crippen LogP contribution in [0.4, 0.5) is 15.8 Å². The average molecular weight is 460 g/mol. The number of carbonyl (C=O) groups is 2. The van der Waals surface area contributed by atoms with E-state index in [1.54, 1.807) is 12.1 Å². The van der Waals surface area contributed by atoms with E-state index in [-0.39, 0.29) is 29.7 Å². The van der Waals surface area contributed by atoms with Crippen molar-refractivity contribution in [3.8, 4) is 0 Å². The zero-order valence-corrected chi connectivity index (χ0v) is 18.6. The Morgan fingerprint density at radius 3 is 2.28 bits per heavy atom. The van der Waals surface area contributed by atoms with Gasteiger partial charge in [0.25, 0.3) is 0 Å². The van der Waals surface area contributed by atoms with Crippen molar-refractivity contribution in [2.45, 2.75) is 31.1 Å². The second-order valence-electron chi connectivity index (χ2n) is 8.48. The Morgan fingerprint density at radius 1 is 1.03 bits per heavy atom. The topological polar surface area (TPSA) is 86.8 Å². The number of carbonyl (C=O) groups excluding carboxylic acids is 2. The lowest BCUT2D eigenvalue weighted by atomic mass is 10.0. The largest absolute Gasteiger partial charge is 0.326 e. The van der Waals surface area contributed by atoms with Crippen molar-refractivity contribution < 1.29 is 22.4 Å². The first-order valence-corrected chi connectivity index (χ1v) is 12.1. The van der Waals surface area contributed by atoms with Gasteiger partial charge in [0.15, 0.2) is 0 Å². The van der Waals surface area contributed by atoms with Gasteiger partial charge in [-0.15, -0.1) is 0 Å². The molecule has 0 radical (unpaired) electrons. The highest BCUT2D eigenvalue weighted by molar-refractivity contribution is 7.89. The molecule has 0 saturated carbocycles. The molecule has 2 fully saturated rings. The maximum absolute atomic E-state index is 13.1. The molecule has 4 rings (SSSR count). The normalized spacial score (nSPS) is 20.5. The van der Waals surface area contributed by atoms with E-state index in [9.17, 15) is 22.4 Å². The van der Waals surface area contributed by atoms with Crippen LogP contribution in [0.2, 0.25) is 0 Å². The minimum Gasteiger partial charge on any atom is -0.326 e. The number of halogens is 1. The minimum absolute atomic E-state index is 0.0586. The third kappa shape index (κ3) is 4.68. The number of nitrogens with one attached hydrogen (secondary N) is 1. The summed E-state index contributed by atoms with van der Waals surface area (Å²) in [5, 5.41) is 2.76. The van der Waals surface area contributed by atoms with Crippen molar-refractivity contribution in [1.29, 1.82) is 0 Å². The second kappa shape index (κ2) is 8.99. The molecule has 2 heterocycles. The maximum atomic E-state index is 13.1. The molecule has 1 N–H and O–H groups in total. The quantitative estimate of drug-likeness (QED) is 0.744. The van der Waals surface area contributed by atoms with Crippen molar-refractivity contribution in [3.05, 3.63) is 54.3 Å². The summed E-state index contributed by atoms with van der Waals surface area (Å²) in [6, 6.07) is 11.7. The number of piperidine rings is 1. The van der Waals surface area contributed by atoms with Gasteiger partial charge in [0.2, 0.25) is 21.8 Å². The van der Waals surface area contributed by atoms with Crippen LogP contribution < -0.4 is 10.2 Å². The van der Waals surface area contributed by atoms with E-state index in [2.05, 4.69) is 12.2 Å². The predicted octanol–water partition coefficient (Wildman–Crippen LogP) is 3.24. The third-order valence-electron chi connectivity index (χ3n) is 6.14. The van der Waals surface area contributed by atoms with Gasteiger partial charge < -0.3 is 10.2 Å². The fourth-order valence-corrected chi connectivity index (χ4v) is 5.55. The van der Waals surface area contributed by atoms with Crippen molar-refractivity contribution in [3.63, 3.8) is 0 Å². The van der Waals surface area contributed by atoms with Crippen LogP contribution in [-0.4, -0.2) is 44.2 Å². The fraction of sp³-hybridized carbons (Fsp3) is 0.391. The predicted molar refractivity (Wildman–Crippen MR) is 119 cm³/mol. The van der Waals surface area contributed by atoms with E-state index in [0.717, 1.165) is 12.8 Å². The summed E-state index contributed by atoms with van der Waals surface area (Å²) < 4.78 is 40.3.